The zero-order valence-electron chi connectivity index (χ0n) is 18.5. The number of aryl methyl sites for hydroxylation is 1. The maximum atomic E-state index is 6.46. The second-order valence-corrected chi connectivity index (χ2v) is 10.1. The van der Waals surface area contributed by atoms with Gasteiger partial charge in [0.05, 0.1) is 22.4 Å². The monoisotopic (exact) mass is 396 g/mol. The summed E-state index contributed by atoms with van der Waals surface area (Å²) in [7, 11) is -0.369. The standard InChI is InChI=1S/C23H33BN2O3/c1-15-13-17(24-28-22(2,3)23(4,5)29-24)20-18(14-15)26(19-11-6-7-12-27-19)25-21(20)16-9-8-10-16/h13-14,16,19H,6-12H2,1-5H3. The Morgan fingerprint density at radius 1 is 1.00 bits per heavy atom. The molecule has 2 aliphatic heterocycles. The highest BCUT2D eigenvalue weighted by atomic mass is 16.7. The Morgan fingerprint density at radius 2 is 1.72 bits per heavy atom. The fourth-order valence-corrected chi connectivity index (χ4v) is 4.73. The van der Waals surface area contributed by atoms with E-state index in [1.165, 1.54) is 47.8 Å². The molecule has 1 atom stereocenters. The molecule has 1 unspecified atom stereocenters. The maximum absolute atomic E-state index is 6.46. The molecule has 6 heteroatoms. The van der Waals surface area contributed by atoms with Gasteiger partial charge in [-0.2, -0.15) is 5.10 Å². The molecule has 5 nitrogen and oxygen atoms in total. The molecule has 0 bridgehead atoms. The fraction of sp³-hybridized carbons (Fsp3) is 0.696. The third-order valence-electron chi connectivity index (χ3n) is 7.44. The lowest BCUT2D eigenvalue weighted by atomic mass is 9.73. The minimum absolute atomic E-state index is 0.0352. The summed E-state index contributed by atoms with van der Waals surface area (Å²) in [6.07, 6.45) is 7.12. The number of hydrogen-bond donors (Lipinski definition) is 0. The van der Waals surface area contributed by atoms with Gasteiger partial charge in [0.15, 0.2) is 6.23 Å². The summed E-state index contributed by atoms with van der Waals surface area (Å²) < 4.78 is 21.2. The summed E-state index contributed by atoms with van der Waals surface area (Å²) in [5.41, 5.74) is 4.01. The van der Waals surface area contributed by atoms with E-state index in [4.69, 9.17) is 19.1 Å². The second kappa shape index (κ2) is 6.83. The highest BCUT2D eigenvalue weighted by Crippen LogP contribution is 2.42. The maximum Gasteiger partial charge on any atom is 0.495 e. The predicted molar refractivity (Wildman–Crippen MR) is 116 cm³/mol. The van der Waals surface area contributed by atoms with Crippen LogP contribution in [0.3, 0.4) is 0 Å². The van der Waals surface area contributed by atoms with Crippen molar-refractivity contribution in [2.45, 2.75) is 96.5 Å². The fourth-order valence-electron chi connectivity index (χ4n) is 4.73. The van der Waals surface area contributed by atoms with E-state index in [-0.39, 0.29) is 24.5 Å². The first-order valence-corrected chi connectivity index (χ1v) is 11.3. The number of aromatic nitrogens is 2. The molecule has 2 aromatic rings. The molecule has 3 heterocycles. The van der Waals surface area contributed by atoms with Crippen LogP contribution in [0.5, 0.6) is 0 Å². The van der Waals surface area contributed by atoms with Gasteiger partial charge in [0.25, 0.3) is 0 Å². The molecule has 1 aliphatic carbocycles. The van der Waals surface area contributed by atoms with Gasteiger partial charge in [-0.1, -0.05) is 12.5 Å². The molecule has 1 saturated carbocycles. The van der Waals surface area contributed by atoms with Crippen molar-refractivity contribution in [1.82, 2.24) is 9.78 Å². The van der Waals surface area contributed by atoms with Crippen LogP contribution in [0.1, 0.15) is 89.6 Å². The zero-order chi connectivity index (χ0) is 20.4. The number of benzene rings is 1. The lowest BCUT2D eigenvalue weighted by Gasteiger charge is -2.32. The van der Waals surface area contributed by atoms with Gasteiger partial charge in [-0.15, -0.1) is 0 Å². The van der Waals surface area contributed by atoms with Crippen molar-refractivity contribution in [3.63, 3.8) is 0 Å². The van der Waals surface area contributed by atoms with Crippen LogP contribution in [0.2, 0.25) is 0 Å². The van der Waals surface area contributed by atoms with Crippen LogP contribution < -0.4 is 5.46 Å². The van der Waals surface area contributed by atoms with Crippen molar-refractivity contribution < 1.29 is 14.0 Å². The molecule has 156 valence electrons. The van der Waals surface area contributed by atoms with Crippen molar-refractivity contribution >= 4 is 23.5 Å². The topological polar surface area (TPSA) is 45.5 Å². The van der Waals surface area contributed by atoms with E-state index in [0.717, 1.165) is 24.9 Å². The lowest BCUT2D eigenvalue weighted by molar-refractivity contribution is -0.0370. The largest absolute Gasteiger partial charge is 0.495 e. The SMILES string of the molecule is Cc1cc(B2OC(C)(C)C(C)(C)O2)c2c(C3CCC3)nn(C3CCCCO3)c2c1. The summed E-state index contributed by atoms with van der Waals surface area (Å²) >= 11 is 0. The highest BCUT2D eigenvalue weighted by Gasteiger charge is 2.52. The Morgan fingerprint density at radius 3 is 2.31 bits per heavy atom. The van der Waals surface area contributed by atoms with E-state index in [1.54, 1.807) is 0 Å². The smallest absolute Gasteiger partial charge is 0.399 e. The minimum atomic E-state index is -0.369. The molecular formula is C23H33BN2O3. The van der Waals surface area contributed by atoms with Gasteiger partial charge in [-0.25, -0.2) is 4.68 Å². The normalized spacial score (nSPS) is 26.8. The van der Waals surface area contributed by atoms with E-state index in [2.05, 4.69) is 51.4 Å². The average molecular weight is 396 g/mol. The van der Waals surface area contributed by atoms with E-state index in [9.17, 15) is 0 Å². The first kappa shape index (κ1) is 19.6. The molecule has 1 aromatic carbocycles. The lowest BCUT2D eigenvalue weighted by Crippen LogP contribution is -2.41. The van der Waals surface area contributed by atoms with Crippen molar-refractivity contribution in [2.24, 2.45) is 0 Å². The van der Waals surface area contributed by atoms with Crippen molar-refractivity contribution in [1.29, 1.82) is 0 Å². The summed E-state index contributed by atoms with van der Waals surface area (Å²) in [5, 5.41) is 6.39. The Balaban J connectivity index is 1.67. The number of hydrogen-bond acceptors (Lipinski definition) is 4. The summed E-state index contributed by atoms with van der Waals surface area (Å²) in [6.45, 7) is 11.4. The molecule has 29 heavy (non-hydrogen) atoms. The Bertz CT molecular complexity index is 910. The number of rotatable bonds is 3. The molecule has 3 aliphatic rings. The molecule has 1 aromatic heterocycles. The van der Waals surface area contributed by atoms with Gasteiger partial charge in [-0.3, -0.25) is 0 Å². The molecule has 0 N–H and O–H groups in total. The highest BCUT2D eigenvalue weighted by molar-refractivity contribution is 6.65. The van der Waals surface area contributed by atoms with Crippen molar-refractivity contribution in [3.05, 3.63) is 23.4 Å². The average Bonchev–Trinajstić information content (AvgIpc) is 3.08. The van der Waals surface area contributed by atoms with Gasteiger partial charge in [0, 0.05) is 17.9 Å². The molecule has 2 saturated heterocycles. The summed E-state index contributed by atoms with van der Waals surface area (Å²) in [5.74, 6) is 0.534. The molecular weight excluding hydrogens is 363 g/mol. The molecule has 0 spiro atoms. The van der Waals surface area contributed by atoms with Crippen LogP contribution in [0.25, 0.3) is 10.9 Å². The molecule has 0 radical (unpaired) electrons. The first-order chi connectivity index (χ1) is 13.8. The van der Waals surface area contributed by atoms with E-state index in [0.29, 0.717) is 5.92 Å². The van der Waals surface area contributed by atoms with E-state index in [1.807, 2.05) is 0 Å². The van der Waals surface area contributed by atoms with Gasteiger partial charge < -0.3 is 14.0 Å². The summed E-state index contributed by atoms with van der Waals surface area (Å²) in [4.78, 5) is 0. The van der Waals surface area contributed by atoms with Crippen LogP contribution >= 0.6 is 0 Å². The molecule has 3 fully saturated rings. The van der Waals surface area contributed by atoms with Crippen LogP contribution in [0.15, 0.2) is 12.1 Å². The van der Waals surface area contributed by atoms with E-state index >= 15 is 0 Å². The summed E-state index contributed by atoms with van der Waals surface area (Å²) in [6, 6.07) is 4.50. The first-order valence-electron chi connectivity index (χ1n) is 11.3. The minimum Gasteiger partial charge on any atom is -0.399 e. The van der Waals surface area contributed by atoms with Gasteiger partial charge in [0.1, 0.15) is 0 Å². The number of fused-ring (bicyclic) bond motifs is 1. The third kappa shape index (κ3) is 3.15. The van der Waals surface area contributed by atoms with Crippen LogP contribution in [-0.4, -0.2) is 34.7 Å². The number of nitrogens with zero attached hydrogens (tertiary/aromatic N) is 2. The van der Waals surface area contributed by atoms with Crippen molar-refractivity contribution in [3.8, 4) is 0 Å². The quantitative estimate of drug-likeness (QED) is 0.711. The van der Waals surface area contributed by atoms with Crippen LogP contribution in [-0.2, 0) is 14.0 Å². The Kier molecular flexibility index (Phi) is 4.61. The molecule has 0 amide bonds. The van der Waals surface area contributed by atoms with Crippen LogP contribution in [0.4, 0.5) is 0 Å². The predicted octanol–water partition coefficient (Wildman–Crippen LogP) is 4.61. The zero-order valence-corrected chi connectivity index (χ0v) is 18.5. The second-order valence-electron chi connectivity index (χ2n) is 10.1. The van der Waals surface area contributed by atoms with E-state index < -0.39 is 0 Å². The van der Waals surface area contributed by atoms with Gasteiger partial charge in [0.2, 0.25) is 0 Å². The van der Waals surface area contributed by atoms with Crippen molar-refractivity contribution in [2.75, 3.05) is 6.61 Å². The Hall–Kier alpha value is -1.37. The molecule has 5 rings (SSSR count). The third-order valence-corrected chi connectivity index (χ3v) is 7.44. The Labute approximate surface area is 174 Å². The number of ether oxygens (including phenoxy) is 1. The van der Waals surface area contributed by atoms with Gasteiger partial charge in [-0.05, 0) is 83.8 Å². The van der Waals surface area contributed by atoms with Gasteiger partial charge >= 0.3 is 7.12 Å². The van der Waals surface area contributed by atoms with Crippen LogP contribution in [0, 0.1) is 6.92 Å².